The maximum Gasteiger partial charge on any atom is 0.586 e. The van der Waals surface area contributed by atoms with E-state index in [4.69, 9.17) is 0 Å². The van der Waals surface area contributed by atoms with Crippen LogP contribution in [-0.2, 0) is 0 Å². The highest BCUT2D eigenvalue weighted by Crippen LogP contribution is 2.43. The summed E-state index contributed by atoms with van der Waals surface area (Å²) >= 11 is 0. The zero-order valence-corrected chi connectivity index (χ0v) is 17.5. The number of hydrogen-bond donors (Lipinski definition) is 1. The van der Waals surface area contributed by atoms with Gasteiger partial charge in [-0.25, -0.2) is 0 Å². The summed E-state index contributed by atoms with van der Waals surface area (Å²) < 4.78 is 76.9. The molecule has 2 aromatic carbocycles. The van der Waals surface area contributed by atoms with Crippen molar-refractivity contribution in [3.05, 3.63) is 53.6 Å². The molecule has 1 N–H and O–H groups in total. The molecule has 2 heterocycles. The molecule has 2 aliphatic heterocycles. The Morgan fingerprint density at radius 3 is 2.10 bits per heavy atom. The van der Waals surface area contributed by atoms with Gasteiger partial charge < -0.3 is 19.5 Å². The van der Waals surface area contributed by atoms with Crippen LogP contribution < -0.4 is 19.5 Å². The first-order valence-electron chi connectivity index (χ1n) is 8.90. The quantitative estimate of drug-likeness (QED) is 0.629. The maximum atomic E-state index is 13.4. The summed E-state index contributed by atoms with van der Waals surface area (Å²) in [6, 6.07) is 9.71. The normalized spacial score (nSPS) is 18.5. The van der Waals surface area contributed by atoms with Crippen molar-refractivity contribution in [2.45, 2.75) is 18.7 Å². The van der Waals surface area contributed by atoms with E-state index in [1.807, 2.05) is 0 Å². The van der Waals surface area contributed by atoms with Gasteiger partial charge in [-0.1, -0.05) is 18.2 Å². The second-order valence-electron chi connectivity index (χ2n) is 6.68. The van der Waals surface area contributed by atoms with Gasteiger partial charge in [0.1, 0.15) is 5.75 Å². The molecule has 0 radical (unpaired) electrons. The SMILES string of the molecule is Cl.Cl.FC(F)(F)Oc1ccc([C@H](c2ccc3c(c2)OC(F)(F)O3)N2CCNCC2)cc1. The Kier molecular flexibility index (Phi) is 7.85. The van der Waals surface area contributed by atoms with Crippen molar-refractivity contribution >= 4 is 24.8 Å². The lowest BCUT2D eigenvalue weighted by Crippen LogP contribution is -2.45. The molecule has 0 aromatic heterocycles. The second-order valence-corrected chi connectivity index (χ2v) is 6.68. The van der Waals surface area contributed by atoms with E-state index in [0.717, 1.165) is 13.1 Å². The van der Waals surface area contributed by atoms with E-state index in [2.05, 4.69) is 24.4 Å². The van der Waals surface area contributed by atoms with Crippen LogP contribution in [0.1, 0.15) is 17.2 Å². The topological polar surface area (TPSA) is 43.0 Å². The highest BCUT2D eigenvalue weighted by atomic mass is 35.5. The highest BCUT2D eigenvalue weighted by Gasteiger charge is 2.43. The third kappa shape index (κ3) is 6.03. The molecular weight excluding hydrogens is 470 g/mol. The van der Waals surface area contributed by atoms with E-state index in [0.29, 0.717) is 24.2 Å². The molecule has 4 rings (SSSR count). The average Bonchev–Trinajstić information content (AvgIpc) is 2.96. The number of ether oxygens (including phenoxy) is 3. The lowest BCUT2D eigenvalue weighted by Gasteiger charge is -2.35. The van der Waals surface area contributed by atoms with Gasteiger partial charge in [0.15, 0.2) is 11.5 Å². The standard InChI is InChI=1S/C19H17F5N2O3.2ClH/c20-18(21,22)27-14-4-1-12(2-5-14)17(26-9-7-25-8-10-26)13-3-6-15-16(11-13)29-19(23,24)28-15;;/h1-6,11,17,25H,7-10H2;2*1H/t17-;;/m1../s1. The van der Waals surface area contributed by atoms with Crippen molar-refractivity contribution < 1.29 is 36.2 Å². The summed E-state index contributed by atoms with van der Waals surface area (Å²) in [5.41, 5.74) is 1.36. The largest absolute Gasteiger partial charge is 0.586 e. The van der Waals surface area contributed by atoms with Crippen LogP contribution in [0.25, 0.3) is 0 Å². The molecule has 0 saturated carbocycles. The molecule has 2 aromatic rings. The Morgan fingerprint density at radius 1 is 0.903 bits per heavy atom. The summed E-state index contributed by atoms with van der Waals surface area (Å²) in [7, 11) is 0. The summed E-state index contributed by atoms with van der Waals surface area (Å²) in [6.07, 6.45) is -8.50. The molecule has 1 atom stereocenters. The van der Waals surface area contributed by atoms with Crippen LogP contribution in [0.4, 0.5) is 22.0 Å². The number of hydrogen-bond acceptors (Lipinski definition) is 5. The summed E-state index contributed by atoms with van der Waals surface area (Å²) in [5.74, 6) is -0.470. The van der Waals surface area contributed by atoms with Crippen molar-refractivity contribution in [1.82, 2.24) is 10.2 Å². The fraction of sp³-hybridized carbons (Fsp3) is 0.368. The third-order valence-electron chi connectivity index (χ3n) is 4.69. The Bertz CT molecular complexity index is 878. The molecule has 5 nitrogen and oxygen atoms in total. The molecule has 0 aliphatic carbocycles. The van der Waals surface area contributed by atoms with E-state index in [9.17, 15) is 22.0 Å². The molecule has 172 valence electrons. The third-order valence-corrected chi connectivity index (χ3v) is 4.69. The zero-order valence-electron chi connectivity index (χ0n) is 15.8. The molecule has 1 saturated heterocycles. The lowest BCUT2D eigenvalue weighted by molar-refractivity contribution is -0.286. The first kappa shape index (κ1) is 25.3. The minimum atomic E-state index is -4.78. The van der Waals surface area contributed by atoms with Crippen LogP contribution in [0, 0.1) is 0 Å². The predicted octanol–water partition coefficient (Wildman–Crippen LogP) is 4.74. The number of benzene rings is 2. The Hall–Kier alpha value is -2.01. The number of nitrogens with one attached hydrogen (secondary N) is 1. The highest BCUT2D eigenvalue weighted by molar-refractivity contribution is 5.85. The first-order chi connectivity index (χ1) is 13.7. The maximum absolute atomic E-state index is 13.4. The number of alkyl halides is 5. The zero-order chi connectivity index (χ0) is 20.6. The monoisotopic (exact) mass is 488 g/mol. The van der Waals surface area contributed by atoms with Gasteiger partial charge in [0, 0.05) is 26.2 Å². The summed E-state index contributed by atoms with van der Waals surface area (Å²) in [6.45, 7) is 2.81. The summed E-state index contributed by atoms with van der Waals surface area (Å²) in [5, 5.41) is 3.23. The van der Waals surface area contributed by atoms with Gasteiger partial charge in [0.25, 0.3) is 0 Å². The van der Waals surface area contributed by atoms with Crippen LogP contribution in [0.3, 0.4) is 0 Å². The van der Waals surface area contributed by atoms with Gasteiger partial charge in [-0.3, -0.25) is 4.90 Å². The Labute approximate surface area is 187 Å². The van der Waals surface area contributed by atoms with Gasteiger partial charge in [0.2, 0.25) is 0 Å². The molecule has 0 unspecified atom stereocenters. The number of halogens is 7. The minimum Gasteiger partial charge on any atom is -0.406 e. The first-order valence-corrected chi connectivity index (χ1v) is 8.90. The molecule has 2 aliphatic rings. The number of nitrogens with zero attached hydrogens (tertiary/aromatic N) is 1. The van der Waals surface area contributed by atoms with Crippen LogP contribution in [-0.4, -0.2) is 43.7 Å². The van der Waals surface area contributed by atoms with Gasteiger partial charge >= 0.3 is 12.7 Å². The van der Waals surface area contributed by atoms with Gasteiger partial charge in [-0.05, 0) is 35.4 Å². The van der Waals surface area contributed by atoms with E-state index >= 15 is 0 Å². The van der Waals surface area contributed by atoms with E-state index < -0.39 is 12.7 Å². The number of piperazine rings is 1. The number of rotatable bonds is 4. The second kappa shape index (κ2) is 9.64. The van der Waals surface area contributed by atoms with Crippen LogP contribution in [0.2, 0.25) is 0 Å². The number of fused-ring (bicyclic) bond motifs is 1. The minimum absolute atomic E-state index is 0. The van der Waals surface area contributed by atoms with Crippen molar-refractivity contribution in [2.24, 2.45) is 0 Å². The van der Waals surface area contributed by atoms with Crippen molar-refractivity contribution in [2.75, 3.05) is 26.2 Å². The van der Waals surface area contributed by atoms with Gasteiger partial charge in [0.05, 0.1) is 6.04 Å². The van der Waals surface area contributed by atoms with E-state index in [1.165, 1.54) is 36.4 Å². The Balaban J connectivity index is 0.00000171. The average molecular weight is 489 g/mol. The van der Waals surface area contributed by atoms with Crippen LogP contribution in [0.5, 0.6) is 17.2 Å². The fourth-order valence-electron chi connectivity index (χ4n) is 3.54. The molecular formula is C19H19Cl2F5N2O3. The van der Waals surface area contributed by atoms with Crippen molar-refractivity contribution in [3.8, 4) is 17.2 Å². The van der Waals surface area contributed by atoms with Crippen LogP contribution >= 0.6 is 24.8 Å². The summed E-state index contributed by atoms with van der Waals surface area (Å²) in [4.78, 5) is 2.12. The predicted molar refractivity (Wildman–Crippen MR) is 107 cm³/mol. The van der Waals surface area contributed by atoms with E-state index in [1.54, 1.807) is 6.07 Å². The Morgan fingerprint density at radius 2 is 1.48 bits per heavy atom. The molecule has 0 spiro atoms. The fourth-order valence-corrected chi connectivity index (χ4v) is 3.54. The van der Waals surface area contributed by atoms with E-state index in [-0.39, 0.29) is 48.1 Å². The van der Waals surface area contributed by atoms with Crippen molar-refractivity contribution in [1.29, 1.82) is 0 Å². The smallest absolute Gasteiger partial charge is 0.406 e. The molecule has 0 bridgehead atoms. The van der Waals surface area contributed by atoms with Crippen molar-refractivity contribution in [3.63, 3.8) is 0 Å². The molecule has 12 heteroatoms. The van der Waals surface area contributed by atoms with Crippen LogP contribution in [0.15, 0.2) is 42.5 Å². The molecule has 31 heavy (non-hydrogen) atoms. The lowest BCUT2D eigenvalue weighted by atomic mass is 9.96. The van der Waals surface area contributed by atoms with Gasteiger partial charge in [-0.2, -0.15) is 0 Å². The molecule has 0 amide bonds. The van der Waals surface area contributed by atoms with Gasteiger partial charge in [-0.15, -0.1) is 46.8 Å². The molecule has 1 fully saturated rings.